The molecule has 0 aliphatic rings. The molecule has 2 N–H and O–H groups in total. The van der Waals surface area contributed by atoms with Crippen LogP contribution in [0, 0.1) is 0 Å². The molecule has 26 heavy (non-hydrogen) atoms. The van der Waals surface area contributed by atoms with Gasteiger partial charge in [-0.15, -0.1) is 0 Å². The van der Waals surface area contributed by atoms with E-state index in [2.05, 4.69) is 15.4 Å². The minimum atomic E-state index is -4.41. The van der Waals surface area contributed by atoms with E-state index in [0.29, 0.717) is 11.3 Å². The van der Waals surface area contributed by atoms with E-state index >= 15 is 0 Å². The fourth-order valence-electron chi connectivity index (χ4n) is 2.16. The van der Waals surface area contributed by atoms with Crippen LogP contribution in [0.4, 0.5) is 24.5 Å². The van der Waals surface area contributed by atoms with Crippen LogP contribution in [0.5, 0.6) is 0 Å². The van der Waals surface area contributed by atoms with E-state index in [1.807, 2.05) is 0 Å². The van der Waals surface area contributed by atoms with Crippen LogP contribution in [0.25, 0.3) is 0 Å². The number of halogens is 3. The van der Waals surface area contributed by atoms with Crippen molar-refractivity contribution >= 4 is 23.3 Å². The molecule has 5 nitrogen and oxygen atoms in total. The summed E-state index contributed by atoms with van der Waals surface area (Å²) in [7, 11) is 1.29. The Morgan fingerprint density at radius 3 is 2.35 bits per heavy atom. The molecular weight excluding hydrogens is 349 g/mol. The second kappa shape index (κ2) is 8.37. The van der Waals surface area contributed by atoms with Crippen molar-refractivity contribution in [3.8, 4) is 0 Å². The Kier molecular flexibility index (Phi) is 6.21. The average Bonchev–Trinajstić information content (AvgIpc) is 2.61. The fraction of sp³-hybridized carbons (Fsp3) is 0.222. The van der Waals surface area contributed by atoms with Gasteiger partial charge in [-0.3, -0.25) is 4.79 Å². The van der Waals surface area contributed by atoms with Crippen LogP contribution in [0.3, 0.4) is 0 Å². The van der Waals surface area contributed by atoms with E-state index in [1.54, 1.807) is 24.3 Å². The molecule has 0 saturated heterocycles. The molecule has 0 radical (unpaired) electrons. The van der Waals surface area contributed by atoms with E-state index in [4.69, 9.17) is 0 Å². The molecule has 0 bridgehead atoms. The number of rotatable bonds is 6. The molecule has 0 spiro atoms. The Morgan fingerprint density at radius 1 is 1.04 bits per heavy atom. The van der Waals surface area contributed by atoms with Gasteiger partial charge in [0.05, 0.1) is 18.2 Å². The normalized spacial score (nSPS) is 10.9. The summed E-state index contributed by atoms with van der Waals surface area (Å²) < 4.78 is 42.1. The lowest BCUT2D eigenvalue weighted by atomic mass is 10.2. The topological polar surface area (TPSA) is 67.4 Å². The largest absolute Gasteiger partial charge is 0.465 e. The Labute approximate surface area is 148 Å². The fourth-order valence-corrected chi connectivity index (χ4v) is 2.16. The van der Waals surface area contributed by atoms with Gasteiger partial charge in [-0.1, -0.05) is 6.07 Å². The number of hydrogen-bond donors (Lipinski definition) is 2. The second-order valence-electron chi connectivity index (χ2n) is 5.37. The SMILES string of the molecule is COC(=O)c1cccc(NCCC(=O)Nc2ccc(C(F)(F)F)cc2)c1. The zero-order valence-corrected chi connectivity index (χ0v) is 13.9. The number of alkyl halides is 3. The maximum Gasteiger partial charge on any atom is 0.416 e. The van der Waals surface area contributed by atoms with Crippen molar-refractivity contribution in [2.45, 2.75) is 12.6 Å². The van der Waals surface area contributed by atoms with Crippen LogP contribution < -0.4 is 10.6 Å². The first-order valence-electron chi connectivity index (χ1n) is 7.69. The molecule has 0 unspecified atom stereocenters. The zero-order chi connectivity index (χ0) is 19.2. The van der Waals surface area contributed by atoms with Crippen molar-refractivity contribution in [2.24, 2.45) is 0 Å². The van der Waals surface area contributed by atoms with Gasteiger partial charge in [-0.25, -0.2) is 4.79 Å². The van der Waals surface area contributed by atoms with E-state index in [9.17, 15) is 22.8 Å². The van der Waals surface area contributed by atoms with Gasteiger partial charge in [-0.2, -0.15) is 13.2 Å². The van der Waals surface area contributed by atoms with Gasteiger partial charge in [0, 0.05) is 24.3 Å². The summed E-state index contributed by atoms with van der Waals surface area (Å²) in [4.78, 5) is 23.3. The number of esters is 1. The molecule has 0 aliphatic heterocycles. The lowest BCUT2D eigenvalue weighted by Gasteiger charge is -2.10. The smallest absolute Gasteiger partial charge is 0.416 e. The minimum absolute atomic E-state index is 0.101. The highest BCUT2D eigenvalue weighted by atomic mass is 19.4. The molecule has 138 valence electrons. The summed E-state index contributed by atoms with van der Waals surface area (Å²) in [6.07, 6.45) is -4.31. The molecular formula is C18H17F3N2O3. The number of benzene rings is 2. The van der Waals surface area contributed by atoms with Crippen LogP contribution in [-0.4, -0.2) is 25.5 Å². The monoisotopic (exact) mass is 366 g/mol. The summed E-state index contributed by atoms with van der Waals surface area (Å²) in [6, 6.07) is 10.8. The highest BCUT2D eigenvalue weighted by Crippen LogP contribution is 2.29. The number of hydrogen-bond acceptors (Lipinski definition) is 4. The van der Waals surface area contributed by atoms with E-state index < -0.39 is 17.7 Å². The molecule has 2 rings (SSSR count). The standard InChI is InChI=1S/C18H17F3N2O3/c1-26-17(25)12-3-2-4-15(11-12)22-10-9-16(24)23-14-7-5-13(6-8-14)18(19,20)21/h2-8,11,22H,9-10H2,1H3,(H,23,24). The molecule has 0 fully saturated rings. The lowest BCUT2D eigenvalue weighted by Crippen LogP contribution is -2.16. The number of anilines is 2. The molecule has 0 aliphatic carbocycles. The van der Waals surface area contributed by atoms with Gasteiger partial charge in [0.25, 0.3) is 0 Å². The average molecular weight is 366 g/mol. The number of nitrogens with one attached hydrogen (secondary N) is 2. The van der Waals surface area contributed by atoms with Gasteiger partial charge in [-0.05, 0) is 42.5 Å². The van der Waals surface area contributed by atoms with Gasteiger partial charge >= 0.3 is 12.1 Å². The van der Waals surface area contributed by atoms with Crippen molar-refractivity contribution in [1.29, 1.82) is 0 Å². The lowest BCUT2D eigenvalue weighted by molar-refractivity contribution is -0.137. The van der Waals surface area contributed by atoms with Crippen LogP contribution in [0.2, 0.25) is 0 Å². The van der Waals surface area contributed by atoms with Gasteiger partial charge in [0.1, 0.15) is 0 Å². The van der Waals surface area contributed by atoms with Gasteiger partial charge in [0.2, 0.25) is 5.91 Å². The van der Waals surface area contributed by atoms with Gasteiger partial charge in [0.15, 0.2) is 0 Å². The van der Waals surface area contributed by atoms with Crippen molar-refractivity contribution in [3.63, 3.8) is 0 Å². The Morgan fingerprint density at radius 2 is 1.73 bits per heavy atom. The Balaban J connectivity index is 1.83. The first kappa shape index (κ1) is 19.3. The number of methoxy groups -OCH3 is 1. The quantitative estimate of drug-likeness (QED) is 0.760. The predicted molar refractivity (Wildman–Crippen MR) is 91.0 cm³/mol. The maximum atomic E-state index is 12.5. The summed E-state index contributed by atoms with van der Waals surface area (Å²) in [6.45, 7) is 0.289. The molecule has 0 saturated carbocycles. The van der Waals surface area contributed by atoms with Crippen molar-refractivity contribution in [2.75, 3.05) is 24.3 Å². The highest BCUT2D eigenvalue weighted by molar-refractivity contribution is 5.91. The molecule has 8 heteroatoms. The van der Waals surface area contributed by atoms with E-state index in [-0.39, 0.29) is 24.6 Å². The molecule has 0 aromatic heterocycles. The third-order valence-corrected chi connectivity index (χ3v) is 3.46. The van der Waals surface area contributed by atoms with Crippen LogP contribution in [-0.2, 0) is 15.7 Å². The summed E-state index contributed by atoms with van der Waals surface area (Å²) in [5, 5.41) is 5.52. The summed E-state index contributed by atoms with van der Waals surface area (Å²) >= 11 is 0. The Bertz CT molecular complexity index is 774. The number of carbonyl (C=O) groups is 2. The van der Waals surface area contributed by atoms with Crippen molar-refractivity contribution in [1.82, 2.24) is 0 Å². The first-order chi connectivity index (χ1) is 12.3. The third-order valence-electron chi connectivity index (χ3n) is 3.46. The van der Waals surface area contributed by atoms with Crippen molar-refractivity contribution < 1.29 is 27.5 Å². The Hall–Kier alpha value is -3.03. The minimum Gasteiger partial charge on any atom is -0.465 e. The molecule has 0 atom stereocenters. The zero-order valence-electron chi connectivity index (χ0n) is 13.9. The number of amides is 1. The molecule has 2 aromatic rings. The van der Waals surface area contributed by atoms with Crippen LogP contribution in [0.15, 0.2) is 48.5 Å². The van der Waals surface area contributed by atoms with Crippen molar-refractivity contribution in [3.05, 3.63) is 59.7 Å². The third kappa shape index (κ3) is 5.51. The summed E-state index contributed by atoms with van der Waals surface area (Å²) in [5.41, 5.74) is 0.542. The predicted octanol–water partition coefficient (Wildman–Crippen LogP) is 3.93. The molecule has 2 aromatic carbocycles. The maximum absolute atomic E-state index is 12.5. The van der Waals surface area contributed by atoms with Crippen LogP contribution >= 0.6 is 0 Å². The number of ether oxygens (including phenoxy) is 1. The van der Waals surface area contributed by atoms with E-state index in [0.717, 1.165) is 12.1 Å². The number of carbonyl (C=O) groups excluding carboxylic acids is 2. The molecule has 1 amide bonds. The highest BCUT2D eigenvalue weighted by Gasteiger charge is 2.29. The second-order valence-corrected chi connectivity index (χ2v) is 5.37. The molecule has 0 heterocycles. The van der Waals surface area contributed by atoms with Gasteiger partial charge < -0.3 is 15.4 Å². The summed E-state index contributed by atoms with van der Waals surface area (Å²) in [5.74, 6) is -0.810. The first-order valence-corrected chi connectivity index (χ1v) is 7.69. The van der Waals surface area contributed by atoms with E-state index in [1.165, 1.54) is 19.2 Å². The van der Waals surface area contributed by atoms with Crippen LogP contribution in [0.1, 0.15) is 22.3 Å².